The molecule has 0 bridgehead atoms. The Hall–Kier alpha value is -3.22. The molecule has 35 heavy (non-hydrogen) atoms. The Labute approximate surface area is 198 Å². The Morgan fingerprint density at radius 2 is 2.00 bits per heavy atom. The molecular formula is C22H24F3N5O5. The van der Waals surface area contributed by atoms with Gasteiger partial charge in [-0.25, -0.2) is 0 Å². The molecule has 4 heterocycles. The van der Waals surface area contributed by atoms with Gasteiger partial charge in [-0.1, -0.05) is 5.16 Å². The molecule has 1 atom stereocenters. The van der Waals surface area contributed by atoms with Gasteiger partial charge in [-0.15, -0.1) is 0 Å². The average Bonchev–Trinajstić information content (AvgIpc) is 3.48. The summed E-state index contributed by atoms with van der Waals surface area (Å²) in [5.41, 5.74) is -1.42. The number of aryl methyl sites for hydroxylation is 1. The summed E-state index contributed by atoms with van der Waals surface area (Å²) < 4.78 is 53.6. The maximum atomic E-state index is 13.5. The number of nitrogens with zero attached hydrogens (tertiary/aromatic N) is 4. The molecule has 188 valence electrons. The summed E-state index contributed by atoms with van der Waals surface area (Å²) in [4.78, 5) is 36.5. The molecule has 2 aliphatic heterocycles. The fraction of sp³-hybridized carbons (Fsp3) is 0.591. The van der Waals surface area contributed by atoms with Gasteiger partial charge in [-0.2, -0.15) is 18.2 Å². The van der Waals surface area contributed by atoms with Gasteiger partial charge in [0, 0.05) is 37.8 Å². The smallest absolute Gasteiger partial charge is 0.422 e. The molecule has 0 radical (unpaired) electrons. The Morgan fingerprint density at radius 3 is 2.54 bits per heavy atom. The number of pyridine rings is 1. The van der Waals surface area contributed by atoms with Crippen molar-refractivity contribution < 1.29 is 36.8 Å². The van der Waals surface area contributed by atoms with Gasteiger partial charge >= 0.3 is 6.18 Å². The summed E-state index contributed by atoms with van der Waals surface area (Å²) >= 11 is 0. The first-order valence-electron chi connectivity index (χ1n) is 11.2. The minimum absolute atomic E-state index is 0.0395. The molecule has 2 aromatic rings. The lowest BCUT2D eigenvalue weighted by atomic mass is 9.77. The van der Waals surface area contributed by atoms with E-state index in [0.717, 1.165) is 12.8 Å². The van der Waals surface area contributed by atoms with Gasteiger partial charge in [0.25, 0.3) is 11.8 Å². The zero-order valence-corrected chi connectivity index (χ0v) is 19.1. The largest absolute Gasteiger partial charge is 0.484 e. The fourth-order valence-electron chi connectivity index (χ4n) is 4.35. The summed E-state index contributed by atoms with van der Waals surface area (Å²) in [6, 6.07) is 1.17. The number of carbonyl (C=O) groups excluding carboxylic acids is 2. The molecule has 1 saturated carbocycles. The Bertz CT molecular complexity index is 1150. The number of hydrogen-bond donors (Lipinski definition) is 1. The van der Waals surface area contributed by atoms with Crippen molar-refractivity contribution in [2.24, 2.45) is 5.41 Å². The monoisotopic (exact) mass is 495 g/mol. The number of likely N-dealkylation sites (tertiary alicyclic amines) is 1. The molecule has 5 rings (SSSR count). The van der Waals surface area contributed by atoms with Crippen molar-refractivity contribution in [1.29, 1.82) is 0 Å². The van der Waals surface area contributed by atoms with Crippen LogP contribution in [-0.4, -0.2) is 70.9 Å². The first kappa shape index (κ1) is 23.5. The van der Waals surface area contributed by atoms with Crippen LogP contribution in [-0.2, 0) is 15.1 Å². The normalized spacial score (nSPS) is 20.5. The highest BCUT2D eigenvalue weighted by Crippen LogP contribution is 2.44. The van der Waals surface area contributed by atoms with Crippen LogP contribution in [0.5, 0.6) is 5.75 Å². The second-order valence-electron chi connectivity index (χ2n) is 9.66. The van der Waals surface area contributed by atoms with Gasteiger partial charge in [0.1, 0.15) is 11.4 Å². The molecule has 0 aromatic carbocycles. The number of halogens is 3. The number of nitrogens with one attached hydrogen (secondary N) is 1. The second-order valence-corrected chi connectivity index (χ2v) is 9.66. The molecule has 13 heteroatoms. The maximum absolute atomic E-state index is 13.5. The van der Waals surface area contributed by atoms with E-state index in [1.807, 2.05) is 0 Å². The van der Waals surface area contributed by atoms with Gasteiger partial charge in [0.15, 0.2) is 12.1 Å². The molecule has 1 unspecified atom stereocenters. The molecule has 3 aliphatic rings. The molecule has 2 amide bonds. The third kappa shape index (κ3) is 4.56. The zero-order chi connectivity index (χ0) is 25.0. The van der Waals surface area contributed by atoms with Gasteiger partial charge < -0.3 is 24.2 Å². The Kier molecular flexibility index (Phi) is 5.49. The van der Waals surface area contributed by atoms with E-state index in [2.05, 4.69) is 20.4 Å². The highest BCUT2D eigenvalue weighted by molar-refractivity contribution is 5.98. The van der Waals surface area contributed by atoms with Crippen LogP contribution in [0.3, 0.4) is 0 Å². The van der Waals surface area contributed by atoms with Crippen molar-refractivity contribution in [3.05, 3.63) is 35.2 Å². The quantitative estimate of drug-likeness (QED) is 0.620. The minimum Gasteiger partial charge on any atom is -0.484 e. The molecule has 2 aromatic heterocycles. The summed E-state index contributed by atoms with van der Waals surface area (Å²) in [6.45, 7) is 3.60. The molecule has 3 fully saturated rings. The number of rotatable bonds is 7. The highest BCUT2D eigenvalue weighted by atomic mass is 19.4. The van der Waals surface area contributed by atoms with Gasteiger partial charge in [-0.3, -0.25) is 14.6 Å². The number of aromatic nitrogens is 3. The Morgan fingerprint density at radius 1 is 1.29 bits per heavy atom. The van der Waals surface area contributed by atoms with Crippen LogP contribution in [0, 0.1) is 12.3 Å². The summed E-state index contributed by atoms with van der Waals surface area (Å²) in [5, 5.41) is 6.47. The lowest BCUT2D eigenvalue weighted by Crippen LogP contribution is -2.70. The zero-order valence-electron chi connectivity index (χ0n) is 19.1. The third-order valence-corrected chi connectivity index (χ3v) is 6.46. The average molecular weight is 495 g/mol. The van der Waals surface area contributed by atoms with Crippen molar-refractivity contribution in [3.63, 3.8) is 0 Å². The second kappa shape index (κ2) is 8.18. The van der Waals surface area contributed by atoms with E-state index in [0.29, 0.717) is 31.9 Å². The molecule has 1 aliphatic carbocycles. The Balaban J connectivity index is 1.39. The summed E-state index contributed by atoms with van der Waals surface area (Å²) in [6.07, 6.45) is -1.57. The molecule has 2 saturated heterocycles. The minimum atomic E-state index is -4.53. The lowest BCUT2D eigenvalue weighted by Gasteiger charge is -2.56. The van der Waals surface area contributed by atoms with Gasteiger partial charge in [-0.05, 0) is 25.7 Å². The highest BCUT2D eigenvalue weighted by Gasteiger charge is 2.55. The van der Waals surface area contributed by atoms with E-state index in [9.17, 15) is 22.8 Å². The summed E-state index contributed by atoms with van der Waals surface area (Å²) in [5.74, 6) is -1.07. The predicted octanol–water partition coefficient (Wildman–Crippen LogP) is 2.10. The van der Waals surface area contributed by atoms with E-state index in [-0.39, 0.29) is 34.5 Å². The number of amides is 2. The van der Waals surface area contributed by atoms with Crippen LogP contribution in [0.1, 0.15) is 53.5 Å². The van der Waals surface area contributed by atoms with Crippen LogP contribution in [0.2, 0.25) is 0 Å². The molecule has 10 nitrogen and oxygen atoms in total. The number of ether oxygens (including phenoxy) is 2. The van der Waals surface area contributed by atoms with E-state index in [1.54, 1.807) is 11.8 Å². The van der Waals surface area contributed by atoms with Crippen molar-refractivity contribution in [3.8, 4) is 5.75 Å². The topological polar surface area (TPSA) is 120 Å². The SMILES string of the molecule is Cc1nc(C(C)(NC(=O)c2cc(OCC(F)(F)F)c(C3CC3)cn2)C(=O)N2CC3(COC3)C2)no1. The van der Waals surface area contributed by atoms with E-state index < -0.39 is 30.1 Å². The van der Waals surface area contributed by atoms with Crippen molar-refractivity contribution in [2.75, 3.05) is 32.9 Å². The van der Waals surface area contributed by atoms with Crippen molar-refractivity contribution in [2.45, 2.75) is 44.3 Å². The van der Waals surface area contributed by atoms with Crippen LogP contribution in [0.25, 0.3) is 0 Å². The van der Waals surface area contributed by atoms with Gasteiger partial charge in [0.05, 0.1) is 18.6 Å². The van der Waals surface area contributed by atoms with Crippen LogP contribution < -0.4 is 10.1 Å². The van der Waals surface area contributed by atoms with Crippen molar-refractivity contribution >= 4 is 11.8 Å². The van der Waals surface area contributed by atoms with Crippen LogP contribution in [0.15, 0.2) is 16.8 Å². The van der Waals surface area contributed by atoms with E-state index in [1.165, 1.54) is 19.2 Å². The van der Waals surface area contributed by atoms with Crippen LogP contribution >= 0.6 is 0 Å². The summed E-state index contributed by atoms with van der Waals surface area (Å²) in [7, 11) is 0. The van der Waals surface area contributed by atoms with Crippen molar-refractivity contribution in [1.82, 2.24) is 25.3 Å². The van der Waals surface area contributed by atoms with Crippen LogP contribution in [0.4, 0.5) is 13.2 Å². The third-order valence-electron chi connectivity index (χ3n) is 6.46. The predicted molar refractivity (Wildman–Crippen MR) is 111 cm³/mol. The first-order valence-corrected chi connectivity index (χ1v) is 11.2. The lowest BCUT2D eigenvalue weighted by molar-refractivity contribution is -0.198. The number of alkyl halides is 3. The number of hydrogen-bond acceptors (Lipinski definition) is 8. The molecular weight excluding hydrogens is 471 g/mol. The first-order chi connectivity index (χ1) is 16.5. The maximum Gasteiger partial charge on any atom is 0.422 e. The van der Waals surface area contributed by atoms with E-state index in [4.69, 9.17) is 14.0 Å². The molecule has 1 spiro atoms. The fourth-order valence-corrected chi connectivity index (χ4v) is 4.35. The van der Waals surface area contributed by atoms with Gasteiger partial charge in [0.2, 0.25) is 11.7 Å². The standard InChI is InChI=1S/C22H24F3N5O5/c1-12-27-18(29-35-12)20(2,19(32)30-7-21(8-30)9-33-10-21)28-17(31)15-5-16(34-11-22(23,24)25)14(6-26-15)13-3-4-13/h5-6,13H,3-4,7-11H2,1-2H3,(H,28,31). The number of carbonyl (C=O) groups is 2. The van der Waals surface area contributed by atoms with E-state index >= 15 is 0 Å². The molecule has 1 N–H and O–H groups in total.